The minimum Gasteiger partial charge on any atom is -0.397 e. The second kappa shape index (κ2) is 22.0. The number of nitrogens with zero attached hydrogens (tertiary/aromatic N) is 12. The number of piperidine rings is 2. The molecule has 10 heterocycles. The van der Waals surface area contributed by atoms with Crippen molar-refractivity contribution >= 4 is 52.0 Å². The number of anilines is 6. The quantitative estimate of drug-likeness (QED) is 0.185. The van der Waals surface area contributed by atoms with Crippen LogP contribution in [0.3, 0.4) is 0 Å². The summed E-state index contributed by atoms with van der Waals surface area (Å²) in [6, 6.07) is 15.6. The fraction of sp³-hybridized carbons (Fsp3) is 0.465. The van der Waals surface area contributed by atoms with Crippen molar-refractivity contribution in [1.82, 2.24) is 44.5 Å². The Morgan fingerprint density at radius 1 is 0.629 bits per heavy atom. The Balaban J connectivity index is 0.000000180. The number of carbonyl (C=O) groups is 1. The predicted octanol–water partition coefficient (Wildman–Crippen LogP) is 4.18. The number of aromatic nitrogens is 8. The summed E-state index contributed by atoms with van der Waals surface area (Å²) in [5.74, 6) is 3.49. The van der Waals surface area contributed by atoms with E-state index in [1.807, 2.05) is 45.7 Å². The van der Waals surface area contributed by atoms with Gasteiger partial charge in [-0.1, -0.05) is 14.9 Å². The van der Waals surface area contributed by atoms with Gasteiger partial charge in [-0.25, -0.2) is 13.8 Å². The van der Waals surface area contributed by atoms with Crippen molar-refractivity contribution in [2.24, 2.45) is 5.73 Å². The molecule has 19 heteroatoms. The number of carbonyl (C=O) groups excluding carboxylic acids is 1. The van der Waals surface area contributed by atoms with E-state index in [0.29, 0.717) is 30.6 Å². The maximum atomic E-state index is 12.3. The summed E-state index contributed by atoms with van der Waals surface area (Å²) in [6.45, 7) is 9.77. The lowest BCUT2D eigenvalue weighted by atomic mass is 10.1. The summed E-state index contributed by atoms with van der Waals surface area (Å²) >= 11 is 0. The van der Waals surface area contributed by atoms with Gasteiger partial charge in [-0.05, 0) is 74.2 Å². The third-order valence-corrected chi connectivity index (χ3v) is 10.9. The highest BCUT2D eigenvalue weighted by molar-refractivity contribution is 5.89. The van der Waals surface area contributed by atoms with Crippen LogP contribution in [-0.2, 0) is 9.47 Å². The Morgan fingerprint density at radius 3 is 1.58 bits per heavy atom. The van der Waals surface area contributed by atoms with Crippen molar-refractivity contribution in [1.29, 1.82) is 0 Å². The second-order valence-corrected chi connectivity index (χ2v) is 15.1. The van der Waals surface area contributed by atoms with Gasteiger partial charge >= 0.3 is 6.03 Å². The maximum absolute atomic E-state index is 12.3. The molecule has 4 aliphatic rings. The Bertz CT molecular complexity index is 2250. The molecule has 0 unspecified atom stereocenters. The van der Waals surface area contributed by atoms with E-state index in [9.17, 15) is 4.79 Å². The molecule has 0 saturated carbocycles. The van der Waals surface area contributed by atoms with E-state index in [2.05, 4.69) is 51.4 Å². The number of morpholine rings is 2. The van der Waals surface area contributed by atoms with Crippen molar-refractivity contribution in [3.05, 3.63) is 85.7 Å². The van der Waals surface area contributed by atoms with E-state index in [1.165, 1.54) is 0 Å². The average molecular weight is 851 g/mol. The summed E-state index contributed by atoms with van der Waals surface area (Å²) in [4.78, 5) is 38.8. The van der Waals surface area contributed by atoms with Gasteiger partial charge in [0.25, 0.3) is 0 Å². The van der Waals surface area contributed by atoms with Gasteiger partial charge in [0, 0.05) is 95.4 Å². The molecule has 4 aliphatic heterocycles. The smallest absolute Gasteiger partial charge is 0.319 e. The molecule has 2 amide bonds. The third-order valence-electron chi connectivity index (χ3n) is 10.9. The standard InChI is InChI=1S/C21H26N8O2.C15H22N6O.C5H6N2.2CH4/c30-21(24-17-3-1-7-22-15-17)23-16-5-9-28(10-6-16)20-25-19(27-11-13-31-14-12-27)18-4-2-8-29(18)26-20;16-12-3-6-20(7-4-12)15-17-14(19-8-10-22-11-9-19)13-2-1-5-21(13)18-15;6-5-2-1-3-7-4-5;;/h1-4,7-8,15-16H,5-6,9-14H2,(H2,23,24,30);1-2,5,12H,3-4,6-11,16H2;1-4H,6H2;2*1H4. The second-order valence-electron chi connectivity index (χ2n) is 15.1. The molecule has 19 nitrogen and oxygen atoms in total. The SMILES string of the molecule is C.C.NC1CCN(c2nc(N3CCOCC3)c3cccn3n2)CC1.Nc1cccnc1.O=C(Nc1cccnc1)NC1CCN(c2nc(N3CCOCC3)c3cccn3n2)CC1. The van der Waals surface area contributed by atoms with Crippen LogP contribution in [0.1, 0.15) is 40.5 Å². The van der Waals surface area contributed by atoms with E-state index < -0.39 is 0 Å². The molecule has 62 heavy (non-hydrogen) atoms. The number of rotatable bonds is 6. The van der Waals surface area contributed by atoms with Gasteiger partial charge in [-0.3, -0.25) is 9.97 Å². The van der Waals surface area contributed by atoms with E-state index in [1.54, 1.807) is 43.0 Å². The predicted molar refractivity (Wildman–Crippen MR) is 245 cm³/mol. The Morgan fingerprint density at radius 2 is 1.13 bits per heavy atom. The van der Waals surface area contributed by atoms with Gasteiger partial charge in [0.05, 0.1) is 44.0 Å². The molecule has 4 saturated heterocycles. The van der Waals surface area contributed by atoms with Gasteiger partial charge in [0.15, 0.2) is 11.6 Å². The fourth-order valence-electron chi connectivity index (χ4n) is 7.59. The molecule has 0 radical (unpaired) electrons. The molecule has 4 fully saturated rings. The highest BCUT2D eigenvalue weighted by Gasteiger charge is 2.26. The summed E-state index contributed by atoms with van der Waals surface area (Å²) in [5, 5.41) is 15.3. The molecule has 6 aromatic heterocycles. The number of nitrogen functional groups attached to an aromatic ring is 1. The molecule has 6 N–H and O–H groups in total. The molecule has 332 valence electrons. The molecule has 0 atom stereocenters. The third kappa shape index (κ3) is 11.5. The highest BCUT2D eigenvalue weighted by Crippen LogP contribution is 2.26. The number of nitrogens with two attached hydrogens (primary N) is 2. The zero-order valence-corrected chi connectivity index (χ0v) is 33.8. The van der Waals surface area contributed by atoms with Crippen LogP contribution < -0.4 is 41.7 Å². The summed E-state index contributed by atoms with van der Waals surface area (Å²) < 4.78 is 14.8. The highest BCUT2D eigenvalue weighted by atomic mass is 16.5. The number of fused-ring (bicyclic) bond motifs is 2. The monoisotopic (exact) mass is 851 g/mol. The minimum absolute atomic E-state index is 0. The summed E-state index contributed by atoms with van der Waals surface area (Å²) in [7, 11) is 0. The number of hydrogen-bond donors (Lipinski definition) is 4. The number of nitrogens with one attached hydrogen (secondary N) is 2. The van der Waals surface area contributed by atoms with Gasteiger partial charge < -0.3 is 51.2 Å². The molecular formula is C43H62N16O3. The lowest BCUT2D eigenvalue weighted by molar-refractivity contribution is 0.122. The van der Waals surface area contributed by atoms with E-state index in [4.69, 9.17) is 36.0 Å². The zero-order valence-electron chi connectivity index (χ0n) is 33.8. The lowest BCUT2D eigenvalue weighted by Crippen LogP contribution is -2.46. The van der Waals surface area contributed by atoms with Crippen molar-refractivity contribution in [3.63, 3.8) is 0 Å². The molecule has 0 bridgehead atoms. The Labute approximate surface area is 363 Å². The van der Waals surface area contributed by atoms with Crippen molar-refractivity contribution in [2.45, 2.75) is 52.6 Å². The van der Waals surface area contributed by atoms with Crippen LogP contribution in [0.25, 0.3) is 11.0 Å². The van der Waals surface area contributed by atoms with Gasteiger partial charge in [-0.2, -0.15) is 9.97 Å². The lowest BCUT2D eigenvalue weighted by Gasteiger charge is -2.33. The van der Waals surface area contributed by atoms with Gasteiger partial charge in [0.2, 0.25) is 11.9 Å². The summed E-state index contributed by atoms with van der Waals surface area (Å²) in [5.41, 5.74) is 14.8. The van der Waals surface area contributed by atoms with Gasteiger partial charge in [0.1, 0.15) is 11.0 Å². The molecule has 10 rings (SSSR count). The van der Waals surface area contributed by atoms with Crippen molar-refractivity contribution < 1.29 is 14.3 Å². The zero-order chi connectivity index (χ0) is 41.1. The largest absolute Gasteiger partial charge is 0.397 e. The minimum atomic E-state index is -0.203. The van der Waals surface area contributed by atoms with Crippen LogP contribution in [-0.4, -0.2) is 136 Å². The normalized spacial score (nSPS) is 17.2. The average Bonchev–Trinajstić information content (AvgIpc) is 3.98. The van der Waals surface area contributed by atoms with Crippen LogP contribution in [0.15, 0.2) is 85.7 Å². The van der Waals surface area contributed by atoms with Crippen LogP contribution >= 0.6 is 0 Å². The first kappa shape index (κ1) is 45.2. The number of ether oxygens (including phenoxy) is 2. The topological polar surface area (TPSA) is 211 Å². The molecule has 0 spiro atoms. The van der Waals surface area contributed by atoms with Crippen LogP contribution in [0.4, 0.5) is 39.7 Å². The van der Waals surface area contributed by atoms with E-state index in [0.717, 1.165) is 126 Å². The van der Waals surface area contributed by atoms with E-state index >= 15 is 0 Å². The first-order valence-electron chi connectivity index (χ1n) is 20.7. The number of pyridine rings is 2. The molecule has 0 aliphatic carbocycles. The van der Waals surface area contributed by atoms with Crippen molar-refractivity contribution in [2.75, 3.05) is 109 Å². The number of amides is 2. The molecule has 0 aromatic carbocycles. The van der Waals surface area contributed by atoms with Crippen LogP contribution in [0.5, 0.6) is 0 Å². The summed E-state index contributed by atoms with van der Waals surface area (Å²) in [6.07, 6.45) is 14.2. The maximum Gasteiger partial charge on any atom is 0.319 e. The van der Waals surface area contributed by atoms with Crippen LogP contribution in [0, 0.1) is 0 Å². The Kier molecular flexibility index (Phi) is 16.0. The Hall–Kier alpha value is -6.31. The number of urea groups is 1. The first-order chi connectivity index (χ1) is 29.5. The number of hydrogen-bond acceptors (Lipinski definition) is 15. The van der Waals surface area contributed by atoms with Crippen LogP contribution in [0.2, 0.25) is 0 Å². The molecular weight excluding hydrogens is 789 g/mol. The van der Waals surface area contributed by atoms with Crippen molar-refractivity contribution in [3.8, 4) is 0 Å². The van der Waals surface area contributed by atoms with E-state index in [-0.39, 0.29) is 26.9 Å². The van der Waals surface area contributed by atoms with Gasteiger partial charge in [-0.15, -0.1) is 10.2 Å². The first-order valence-corrected chi connectivity index (χ1v) is 20.7. The fourth-order valence-corrected chi connectivity index (χ4v) is 7.59. The molecule has 6 aromatic rings.